The normalized spacial score (nSPS) is 19.2. The van der Waals surface area contributed by atoms with Gasteiger partial charge in [-0.15, -0.1) is 5.06 Å². The van der Waals surface area contributed by atoms with Gasteiger partial charge in [0.05, 0.1) is 5.41 Å². The van der Waals surface area contributed by atoms with Gasteiger partial charge in [0.15, 0.2) is 5.71 Å². The Hall–Kier alpha value is -4.00. The Morgan fingerprint density at radius 3 is 2.19 bits per heavy atom. The van der Waals surface area contributed by atoms with E-state index in [9.17, 15) is 14.4 Å². The molecule has 0 saturated carbocycles. The minimum absolute atomic E-state index is 0.0787. The highest BCUT2D eigenvalue weighted by atomic mass is 16.7. The predicted molar refractivity (Wildman–Crippen MR) is 171 cm³/mol. The molecule has 0 unspecified atom stereocenters. The Balaban J connectivity index is 0.00000207. The number of anilines is 1. The molecule has 2 amide bonds. The van der Waals surface area contributed by atoms with Crippen molar-refractivity contribution in [2.24, 2.45) is 0 Å². The Morgan fingerprint density at radius 1 is 0.884 bits per heavy atom. The van der Waals surface area contributed by atoms with E-state index in [0.29, 0.717) is 11.5 Å². The maximum atomic E-state index is 12.2. The largest absolute Gasteiger partial charge is 0.344 e. The van der Waals surface area contributed by atoms with Crippen LogP contribution in [0.2, 0.25) is 0 Å². The second-order valence-corrected chi connectivity index (χ2v) is 12.1. The van der Waals surface area contributed by atoms with E-state index >= 15 is 0 Å². The smallest absolute Gasteiger partial charge is 0.333 e. The van der Waals surface area contributed by atoms with Gasteiger partial charge in [0.1, 0.15) is 7.05 Å². The molecule has 43 heavy (non-hydrogen) atoms. The third kappa shape index (κ3) is 6.22. The Labute approximate surface area is 256 Å². The van der Waals surface area contributed by atoms with Crippen molar-refractivity contribution in [3.8, 4) is 0 Å². The summed E-state index contributed by atoms with van der Waals surface area (Å²) in [6.45, 7) is 13.9. The summed E-state index contributed by atoms with van der Waals surface area (Å²) in [7, 11) is 2.14. The standard InChI is InChI=1S/C34H40N3O4.C2H6/c1-33(2)24-14-8-10-16-26(24)35(5)28(33)18-13-19-29-34(3,4)25-15-9-11-17-27(25)36(29)23-12-6-7-20-32(40)41-37-30(38)21-22-31(37)39;1-2/h8-11,13-19H,6-7,12,20-23H2,1-5H3;1-2H3/q+1;. The van der Waals surface area contributed by atoms with E-state index in [2.05, 4.69) is 111 Å². The molecule has 0 radical (unpaired) electrons. The van der Waals surface area contributed by atoms with Crippen LogP contribution in [0.25, 0.3) is 0 Å². The van der Waals surface area contributed by atoms with Crippen LogP contribution in [-0.4, -0.2) is 46.7 Å². The van der Waals surface area contributed by atoms with Crippen LogP contribution >= 0.6 is 0 Å². The number of fused-ring (bicyclic) bond motifs is 2. The first-order chi connectivity index (χ1) is 20.5. The maximum Gasteiger partial charge on any atom is 0.333 e. The molecule has 2 aromatic rings. The highest BCUT2D eigenvalue weighted by Gasteiger charge is 2.43. The molecule has 2 aromatic carbocycles. The summed E-state index contributed by atoms with van der Waals surface area (Å²) in [6.07, 6.45) is 9.41. The van der Waals surface area contributed by atoms with E-state index in [-0.39, 0.29) is 30.1 Å². The van der Waals surface area contributed by atoms with E-state index in [1.165, 1.54) is 33.9 Å². The van der Waals surface area contributed by atoms with Crippen molar-refractivity contribution in [2.75, 3.05) is 18.5 Å². The number of allylic oxidation sites excluding steroid dienone is 4. The molecular weight excluding hydrogens is 538 g/mol. The van der Waals surface area contributed by atoms with E-state index in [1.807, 2.05) is 13.8 Å². The molecule has 0 N–H and O–H groups in total. The molecule has 0 aliphatic carbocycles. The quantitative estimate of drug-likeness (QED) is 0.178. The van der Waals surface area contributed by atoms with E-state index in [4.69, 9.17) is 4.84 Å². The Kier molecular flexibility index (Phi) is 9.73. The van der Waals surface area contributed by atoms with Crippen LogP contribution in [0, 0.1) is 0 Å². The number of hydrogen-bond acceptors (Lipinski definition) is 5. The number of hydrogen-bond donors (Lipinski definition) is 0. The summed E-state index contributed by atoms with van der Waals surface area (Å²) in [6, 6.07) is 17.2. The second kappa shape index (κ2) is 13.1. The van der Waals surface area contributed by atoms with Crippen LogP contribution in [0.5, 0.6) is 0 Å². The van der Waals surface area contributed by atoms with Crippen LogP contribution in [0.15, 0.2) is 72.5 Å². The van der Waals surface area contributed by atoms with E-state index < -0.39 is 17.8 Å². The number of nitrogens with zero attached hydrogens (tertiary/aromatic N) is 3. The molecule has 228 valence electrons. The molecule has 0 atom stereocenters. The highest BCUT2D eigenvalue weighted by Crippen LogP contribution is 2.47. The number of benzene rings is 2. The van der Waals surface area contributed by atoms with Crippen molar-refractivity contribution >= 4 is 34.9 Å². The van der Waals surface area contributed by atoms with Crippen LogP contribution in [0.3, 0.4) is 0 Å². The van der Waals surface area contributed by atoms with Gasteiger partial charge in [0, 0.05) is 60.3 Å². The Morgan fingerprint density at radius 2 is 1.51 bits per heavy atom. The van der Waals surface area contributed by atoms with Crippen molar-refractivity contribution in [1.82, 2.24) is 5.06 Å². The first-order valence-corrected chi connectivity index (χ1v) is 15.6. The number of rotatable bonds is 9. The molecule has 0 aromatic heterocycles. The molecular formula is C36H46N3O4+. The number of hydroxylamine groups is 2. The summed E-state index contributed by atoms with van der Waals surface area (Å²) < 4.78 is 2.29. The maximum absolute atomic E-state index is 12.2. The van der Waals surface area contributed by atoms with Gasteiger partial charge in [-0.2, -0.15) is 4.58 Å². The lowest BCUT2D eigenvalue weighted by atomic mass is 9.81. The number of unbranched alkanes of at least 4 members (excludes halogenated alkanes) is 2. The van der Waals surface area contributed by atoms with E-state index in [0.717, 1.165) is 19.4 Å². The number of imide groups is 1. The third-order valence-corrected chi connectivity index (χ3v) is 8.71. The number of carbonyl (C=O) groups excluding carboxylic acids is 3. The van der Waals surface area contributed by atoms with E-state index in [1.54, 1.807) is 0 Å². The number of amides is 2. The molecule has 1 fully saturated rings. The lowest BCUT2D eigenvalue weighted by molar-refractivity contribution is -0.401. The van der Waals surface area contributed by atoms with Crippen molar-refractivity contribution in [3.05, 3.63) is 83.6 Å². The van der Waals surface area contributed by atoms with Crippen molar-refractivity contribution in [1.29, 1.82) is 0 Å². The SMILES string of the molecule is CC.C[N+]1=C(/C=C/C=C2/N(CCCCCC(=O)ON3C(=O)CCC3=O)c3ccccc3C2(C)C)C(C)(C)c2ccccc21. The van der Waals surface area contributed by atoms with Gasteiger partial charge in [0.2, 0.25) is 5.69 Å². The van der Waals surface area contributed by atoms with Crippen LogP contribution in [0.1, 0.15) is 91.2 Å². The van der Waals surface area contributed by atoms with Crippen molar-refractivity contribution in [2.45, 2.75) is 90.9 Å². The van der Waals surface area contributed by atoms with Gasteiger partial charge in [-0.3, -0.25) is 9.59 Å². The summed E-state index contributed by atoms with van der Waals surface area (Å²) in [5, 5.41) is 0.623. The molecule has 0 bridgehead atoms. The lowest BCUT2D eigenvalue weighted by Gasteiger charge is -2.27. The second-order valence-electron chi connectivity index (χ2n) is 12.1. The molecule has 7 nitrogen and oxygen atoms in total. The van der Waals surface area contributed by atoms with Gasteiger partial charge < -0.3 is 9.74 Å². The van der Waals surface area contributed by atoms with Crippen LogP contribution < -0.4 is 4.90 Å². The van der Waals surface area contributed by atoms with Gasteiger partial charge in [-0.25, -0.2) is 4.79 Å². The lowest BCUT2D eigenvalue weighted by Crippen LogP contribution is -2.32. The van der Waals surface area contributed by atoms with Crippen LogP contribution in [-0.2, 0) is 30.1 Å². The average Bonchev–Trinajstić information content (AvgIpc) is 3.50. The predicted octanol–water partition coefficient (Wildman–Crippen LogP) is 7.12. The summed E-state index contributed by atoms with van der Waals surface area (Å²) in [4.78, 5) is 43.0. The highest BCUT2D eigenvalue weighted by molar-refractivity contribution is 6.03. The van der Waals surface area contributed by atoms with Crippen molar-refractivity contribution in [3.63, 3.8) is 0 Å². The number of carbonyl (C=O) groups is 3. The minimum Gasteiger partial charge on any atom is -0.344 e. The van der Waals surface area contributed by atoms with Gasteiger partial charge >= 0.3 is 5.97 Å². The molecule has 3 aliphatic rings. The molecule has 5 rings (SSSR count). The summed E-state index contributed by atoms with van der Waals surface area (Å²) >= 11 is 0. The average molecular weight is 585 g/mol. The zero-order valence-electron chi connectivity index (χ0n) is 26.8. The zero-order valence-corrected chi connectivity index (χ0v) is 26.8. The molecule has 1 saturated heterocycles. The van der Waals surface area contributed by atoms with Crippen LogP contribution in [0.4, 0.5) is 11.4 Å². The third-order valence-electron chi connectivity index (χ3n) is 8.71. The van der Waals surface area contributed by atoms with Gasteiger partial charge in [-0.1, -0.05) is 76.6 Å². The number of para-hydroxylation sites is 2. The van der Waals surface area contributed by atoms with Gasteiger partial charge in [0.25, 0.3) is 11.8 Å². The topological polar surface area (TPSA) is 69.9 Å². The first kappa shape index (κ1) is 31.9. The zero-order chi connectivity index (χ0) is 31.4. The fraction of sp³-hybridized carbons (Fsp3) is 0.444. The molecule has 7 heteroatoms. The molecule has 3 heterocycles. The Bertz CT molecular complexity index is 1460. The monoisotopic (exact) mass is 584 g/mol. The van der Waals surface area contributed by atoms with Crippen molar-refractivity contribution < 1.29 is 23.8 Å². The summed E-state index contributed by atoms with van der Waals surface area (Å²) in [5.74, 6) is -1.43. The minimum atomic E-state index is -0.536. The summed E-state index contributed by atoms with van der Waals surface area (Å²) in [5.41, 5.74) is 7.41. The first-order valence-electron chi connectivity index (χ1n) is 15.6. The van der Waals surface area contributed by atoms with Gasteiger partial charge in [-0.05, 0) is 44.4 Å². The fourth-order valence-electron chi connectivity index (χ4n) is 6.44. The fourth-order valence-corrected chi connectivity index (χ4v) is 6.44. The molecule has 0 spiro atoms. The molecule has 3 aliphatic heterocycles.